The Labute approximate surface area is 123 Å². The first-order chi connectivity index (χ1) is 9.45. The van der Waals surface area contributed by atoms with E-state index in [-0.39, 0.29) is 12.0 Å². The van der Waals surface area contributed by atoms with Gasteiger partial charge in [0.15, 0.2) is 0 Å². The zero-order valence-corrected chi connectivity index (χ0v) is 13.2. The molecule has 3 unspecified atom stereocenters. The van der Waals surface area contributed by atoms with E-state index in [2.05, 4.69) is 26.8 Å². The summed E-state index contributed by atoms with van der Waals surface area (Å²) in [5, 5.41) is 10.1. The van der Waals surface area contributed by atoms with Gasteiger partial charge < -0.3 is 15.6 Å². The molecule has 3 atom stereocenters. The van der Waals surface area contributed by atoms with E-state index in [1.165, 1.54) is 0 Å². The average molecular weight is 279 g/mol. The third kappa shape index (κ3) is 5.14. The number of benzene rings is 1. The predicted molar refractivity (Wildman–Crippen MR) is 84.1 cm³/mol. The van der Waals surface area contributed by atoms with Crippen molar-refractivity contribution in [1.82, 2.24) is 0 Å². The molecule has 0 bridgehead atoms. The van der Waals surface area contributed by atoms with Gasteiger partial charge in [-0.3, -0.25) is 0 Å². The van der Waals surface area contributed by atoms with Crippen LogP contribution in [0, 0.1) is 5.92 Å². The predicted octanol–water partition coefficient (Wildman–Crippen LogP) is 3.31. The molecule has 3 nitrogen and oxygen atoms in total. The van der Waals surface area contributed by atoms with E-state index in [1.54, 1.807) is 0 Å². The number of para-hydroxylation sites is 1. The molecule has 3 heteroatoms. The molecule has 1 rings (SSSR count). The number of ether oxygens (including phenoxy) is 1. The van der Waals surface area contributed by atoms with Crippen LogP contribution in [0.3, 0.4) is 0 Å². The van der Waals surface area contributed by atoms with Crippen molar-refractivity contribution in [1.29, 1.82) is 0 Å². The van der Waals surface area contributed by atoms with Crippen molar-refractivity contribution in [2.45, 2.75) is 58.6 Å². The number of hydrogen-bond acceptors (Lipinski definition) is 3. The molecule has 0 amide bonds. The van der Waals surface area contributed by atoms with Crippen LogP contribution in [-0.2, 0) is 0 Å². The highest BCUT2D eigenvalue weighted by molar-refractivity contribution is 5.36. The van der Waals surface area contributed by atoms with Crippen molar-refractivity contribution in [3.05, 3.63) is 29.8 Å². The van der Waals surface area contributed by atoms with Crippen LogP contribution in [0.1, 0.15) is 52.0 Å². The normalized spacial score (nSPS) is 15.9. The van der Waals surface area contributed by atoms with Gasteiger partial charge in [0.1, 0.15) is 5.75 Å². The Morgan fingerprint density at radius 1 is 1.20 bits per heavy atom. The van der Waals surface area contributed by atoms with Crippen LogP contribution in [0.2, 0.25) is 0 Å². The lowest BCUT2D eigenvalue weighted by Gasteiger charge is -2.23. The zero-order valence-electron chi connectivity index (χ0n) is 13.2. The molecule has 0 heterocycles. The van der Waals surface area contributed by atoms with Gasteiger partial charge in [-0.15, -0.1) is 0 Å². The first-order valence-corrected chi connectivity index (χ1v) is 7.61. The highest BCUT2D eigenvalue weighted by Gasteiger charge is 2.19. The molecule has 0 saturated carbocycles. The van der Waals surface area contributed by atoms with Gasteiger partial charge in [0.2, 0.25) is 0 Å². The first kappa shape index (κ1) is 17.0. The third-order valence-corrected chi connectivity index (χ3v) is 3.58. The van der Waals surface area contributed by atoms with Crippen LogP contribution in [0.5, 0.6) is 5.75 Å². The van der Waals surface area contributed by atoms with Crippen molar-refractivity contribution in [3.8, 4) is 5.75 Å². The van der Waals surface area contributed by atoms with E-state index in [0.717, 1.165) is 17.7 Å². The Morgan fingerprint density at radius 3 is 2.45 bits per heavy atom. The zero-order chi connectivity index (χ0) is 15.1. The number of rotatable bonds is 8. The molecule has 0 aliphatic heterocycles. The Kier molecular flexibility index (Phi) is 7.03. The molecule has 0 aromatic heterocycles. The van der Waals surface area contributed by atoms with Crippen molar-refractivity contribution < 1.29 is 9.84 Å². The fourth-order valence-corrected chi connectivity index (χ4v) is 2.21. The second kappa shape index (κ2) is 8.28. The Balaban J connectivity index is 2.74. The van der Waals surface area contributed by atoms with E-state index >= 15 is 0 Å². The molecule has 0 spiro atoms. The largest absolute Gasteiger partial charge is 0.493 e. The topological polar surface area (TPSA) is 55.5 Å². The van der Waals surface area contributed by atoms with E-state index in [1.807, 2.05) is 25.1 Å². The minimum absolute atomic E-state index is 0.152. The van der Waals surface area contributed by atoms with Gasteiger partial charge in [0.05, 0.1) is 12.7 Å². The molecular formula is C17H29NO2. The molecular weight excluding hydrogens is 250 g/mol. The third-order valence-electron chi connectivity index (χ3n) is 3.58. The lowest BCUT2D eigenvalue weighted by molar-refractivity contribution is 0.126. The van der Waals surface area contributed by atoms with Gasteiger partial charge >= 0.3 is 0 Å². The van der Waals surface area contributed by atoms with Gasteiger partial charge in [-0.2, -0.15) is 0 Å². The fraction of sp³-hybridized carbons (Fsp3) is 0.647. The van der Waals surface area contributed by atoms with E-state index in [4.69, 9.17) is 10.5 Å². The highest BCUT2D eigenvalue weighted by Crippen LogP contribution is 2.30. The second-order valence-electron chi connectivity index (χ2n) is 6.02. The van der Waals surface area contributed by atoms with Gasteiger partial charge in [-0.05, 0) is 36.3 Å². The maximum Gasteiger partial charge on any atom is 0.122 e. The summed E-state index contributed by atoms with van der Waals surface area (Å²) >= 11 is 0. The van der Waals surface area contributed by atoms with E-state index in [0.29, 0.717) is 18.9 Å². The van der Waals surface area contributed by atoms with Crippen LogP contribution in [0.15, 0.2) is 24.3 Å². The monoisotopic (exact) mass is 279 g/mol. The lowest BCUT2D eigenvalue weighted by atomic mass is 9.91. The Morgan fingerprint density at radius 2 is 1.85 bits per heavy atom. The smallest absolute Gasteiger partial charge is 0.122 e. The highest BCUT2D eigenvalue weighted by atomic mass is 16.5. The maximum atomic E-state index is 10.1. The lowest BCUT2D eigenvalue weighted by Crippen LogP contribution is -2.34. The molecule has 114 valence electrons. The van der Waals surface area contributed by atoms with Crippen LogP contribution >= 0.6 is 0 Å². The summed E-state index contributed by atoms with van der Waals surface area (Å²) in [6, 6.07) is 7.92. The molecule has 20 heavy (non-hydrogen) atoms. The molecule has 3 N–H and O–H groups in total. The molecule has 0 saturated heterocycles. The van der Waals surface area contributed by atoms with E-state index in [9.17, 15) is 5.11 Å². The quantitative estimate of drug-likeness (QED) is 0.767. The molecule has 0 fully saturated rings. The number of aliphatic hydroxyl groups is 1. The van der Waals surface area contributed by atoms with Crippen LogP contribution < -0.4 is 10.5 Å². The standard InChI is InChI=1S/C17H29NO2/c1-5-15(18)16(19)10-13(4)14-8-6-7-9-17(14)20-11-12(2)3/h6-9,12-13,15-16,19H,5,10-11,18H2,1-4H3. The Bertz CT molecular complexity index is 392. The fourth-order valence-electron chi connectivity index (χ4n) is 2.21. The SMILES string of the molecule is CCC(N)C(O)CC(C)c1ccccc1OCC(C)C. The van der Waals surface area contributed by atoms with Crippen molar-refractivity contribution in [2.24, 2.45) is 11.7 Å². The molecule has 0 radical (unpaired) electrons. The van der Waals surface area contributed by atoms with Gasteiger partial charge in [0, 0.05) is 6.04 Å². The first-order valence-electron chi connectivity index (χ1n) is 7.61. The van der Waals surface area contributed by atoms with Crippen molar-refractivity contribution in [3.63, 3.8) is 0 Å². The summed E-state index contributed by atoms with van der Waals surface area (Å²) in [5.41, 5.74) is 7.05. The molecule has 1 aromatic rings. The molecule has 0 aliphatic carbocycles. The van der Waals surface area contributed by atoms with E-state index < -0.39 is 6.10 Å². The Hall–Kier alpha value is -1.06. The number of nitrogens with two attached hydrogens (primary N) is 1. The van der Waals surface area contributed by atoms with Gasteiger partial charge in [0.25, 0.3) is 0 Å². The minimum atomic E-state index is -0.465. The summed E-state index contributed by atoms with van der Waals surface area (Å²) in [7, 11) is 0. The summed E-state index contributed by atoms with van der Waals surface area (Å²) in [6.45, 7) is 9.09. The minimum Gasteiger partial charge on any atom is -0.493 e. The molecule has 0 aliphatic rings. The van der Waals surface area contributed by atoms with Crippen LogP contribution in [0.25, 0.3) is 0 Å². The average Bonchev–Trinajstić information content (AvgIpc) is 2.44. The summed E-state index contributed by atoms with van der Waals surface area (Å²) in [5.74, 6) is 1.65. The van der Waals surface area contributed by atoms with Gasteiger partial charge in [-0.25, -0.2) is 0 Å². The second-order valence-corrected chi connectivity index (χ2v) is 6.02. The summed E-state index contributed by atoms with van der Waals surface area (Å²) in [4.78, 5) is 0. The van der Waals surface area contributed by atoms with Gasteiger partial charge in [-0.1, -0.05) is 45.9 Å². The maximum absolute atomic E-state index is 10.1. The summed E-state index contributed by atoms with van der Waals surface area (Å²) < 4.78 is 5.88. The van der Waals surface area contributed by atoms with Crippen molar-refractivity contribution >= 4 is 0 Å². The number of aliphatic hydroxyl groups excluding tert-OH is 1. The van der Waals surface area contributed by atoms with Crippen LogP contribution in [0.4, 0.5) is 0 Å². The molecule has 1 aromatic carbocycles. The van der Waals surface area contributed by atoms with Crippen molar-refractivity contribution in [2.75, 3.05) is 6.61 Å². The number of hydrogen-bond donors (Lipinski definition) is 2. The van der Waals surface area contributed by atoms with Crippen LogP contribution in [-0.4, -0.2) is 23.9 Å². The summed E-state index contributed by atoms with van der Waals surface area (Å²) in [6.07, 6.45) is 0.990.